The van der Waals surface area contributed by atoms with Crippen molar-refractivity contribution in [3.05, 3.63) is 35.9 Å². The van der Waals surface area contributed by atoms with E-state index in [2.05, 4.69) is 53.2 Å². The summed E-state index contributed by atoms with van der Waals surface area (Å²) in [4.78, 5) is 21.0. The van der Waals surface area contributed by atoms with Gasteiger partial charge in [0.2, 0.25) is 5.95 Å². The van der Waals surface area contributed by atoms with Gasteiger partial charge in [0.25, 0.3) is 5.89 Å². The zero-order chi connectivity index (χ0) is 23.1. The normalized spacial score (nSPS) is 17.1. The largest absolute Gasteiger partial charge is 0.368 e. The minimum Gasteiger partial charge on any atom is -0.368 e. The monoisotopic (exact) mass is 459 g/mol. The minimum absolute atomic E-state index is 0.359. The van der Waals surface area contributed by atoms with E-state index < -0.39 is 0 Å². The molecule has 5 heterocycles. The number of nitrogens with zero attached hydrogens (tertiary/aromatic N) is 7. The van der Waals surface area contributed by atoms with Crippen molar-refractivity contribution >= 4 is 28.5 Å². The van der Waals surface area contributed by atoms with E-state index in [1.165, 1.54) is 12.8 Å². The van der Waals surface area contributed by atoms with Crippen LogP contribution in [0.4, 0.5) is 17.5 Å². The molecule has 0 bridgehead atoms. The summed E-state index contributed by atoms with van der Waals surface area (Å²) in [6.45, 7) is 7.90. The van der Waals surface area contributed by atoms with Gasteiger partial charge in [-0.15, -0.1) is 0 Å². The van der Waals surface area contributed by atoms with E-state index in [9.17, 15) is 0 Å². The van der Waals surface area contributed by atoms with Gasteiger partial charge in [-0.25, -0.2) is 9.97 Å². The highest BCUT2D eigenvalue weighted by Gasteiger charge is 2.28. The molecule has 2 N–H and O–H groups in total. The first kappa shape index (κ1) is 21.0. The number of piperazine rings is 1. The predicted octanol–water partition coefficient (Wildman–Crippen LogP) is 3.76. The molecule has 4 aromatic rings. The van der Waals surface area contributed by atoms with Gasteiger partial charge in [-0.05, 0) is 44.4 Å². The number of aryl methyl sites for hydroxylation is 2. The topological polar surface area (TPSA) is 110 Å². The standard InChI is InChI=1S/C24H29N9O/c1-15-19-14-27-24(29-20-8-7-18(13-26-20)32-11-9-25-10-12-32)30-22(19)33(17-5-3-4-6-17)21(15)23-28-16(2)31-34-23/h7-8,13-14,17,25H,3-6,9-12H2,1-2H3,(H,26,27,29,30). The third-order valence-electron chi connectivity index (χ3n) is 6.89. The number of aromatic nitrogens is 6. The Morgan fingerprint density at radius 1 is 1.03 bits per heavy atom. The van der Waals surface area contributed by atoms with E-state index in [0.29, 0.717) is 23.7 Å². The Kier molecular flexibility index (Phi) is 5.37. The fourth-order valence-corrected chi connectivity index (χ4v) is 5.15. The molecular formula is C24H29N9O. The third-order valence-corrected chi connectivity index (χ3v) is 6.89. The first-order chi connectivity index (χ1) is 16.7. The molecule has 0 spiro atoms. The predicted molar refractivity (Wildman–Crippen MR) is 130 cm³/mol. The van der Waals surface area contributed by atoms with Crippen molar-refractivity contribution in [1.29, 1.82) is 0 Å². The van der Waals surface area contributed by atoms with Crippen LogP contribution in [-0.4, -0.2) is 55.8 Å². The molecule has 0 radical (unpaired) electrons. The Morgan fingerprint density at radius 2 is 1.85 bits per heavy atom. The lowest BCUT2D eigenvalue weighted by Gasteiger charge is -2.29. The molecule has 1 saturated heterocycles. The summed E-state index contributed by atoms with van der Waals surface area (Å²) in [5.41, 5.74) is 4.04. The number of fused-ring (bicyclic) bond motifs is 1. The lowest BCUT2D eigenvalue weighted by Crippen LogP contribution is -2.43. The number of anilines is 3. The van der Waals surface area contributed by atoms with Crippen LogP contribution in [0.15, 0.2) is 29.0 Å². The van der Waals surface area contributed by atoms with Crippen LogP contribution in [-0.2, 0) is 0 Å². The van der Waals surface area contributed by atoms with Crippen LogP contribution in [0, 0.1) is 13.8 Å². The summed E-state index contributed by atoms with van der Waals surface area (Å²) >= 11 is 0. The molecule has 0 aromatic carbocycles. The van der Waals surface area contributed by atoms with Crippen LogP contribution in [0.25, 0.3) is 22.6 Å². The Hall–Kier alpha value is -3.53. The van der Waals surface area contributed by atoms with Crippen molar-refractivity contribution in [2.45, 2.75) is 45.6 Å². The van der Waals surface area contributed by atoms with E-state index in [1.54, 1.807) is 0 Å². The Labute approximate surface area is 197 Å². The smallest absolute Gasteiger partial charge is 0.274 e. The second kappa shape index (κ2) is 8.68. The molecule has 10 nitrogen and oxygen atoms in total. The van der Waals surface area contributed by atoms with Gasteiger partial charge in [0.05, 0.1) is 11.9 Å². The summed E-state index contributed by atoms with van der Waals surface area (Å²) < 4.78 is 7.87. The maximum atomic E-state index is 5.58. The van der Waals surface area contributed by atoms with E-state index in [4.69, 9.17) is 9.51 Å². The van der Waals surface area contributed by atoms with Crippen LogP contribution in [0.1, 0.15) is 43.1 Å². The molecule has 0 amide bonds. The van der Waals surface area contributed by atoms with Crippen LogP contribution in [0.2, 0.25) is 0 Å². The van der Waals surface area contributed by atoms with Gasteiger partial charge in [-0.2, -0.15) is 9.97 Å². The zero-order valence-electron chi connectivity index (χ0n) is 19.6. The van der Waals surface area contributed by atoms with E-state index in [1.807, 2.05) is 25.4 Å². The maximum absolute atomic E-state index is 5.58. The van der Waals surface area contributed by atoms with Crippen LogP contribution < -0.4 is 15.5 Å². The molecule has 10 heteroatoms. The lowest BCUT2D eigenvalue weighted by molar-refractivity contribution is 0.418. The fraction of sp³-hybridized carbons (Fsp3) is 0.458. The average molecular weight is 460 g/mol. The Bertz CT molecular complexity index is 1300. The SMILES string of the molecule is Cc1noc(-c2c(C)c3cnc(Nc4ccc(N5CCNCC5)cn4)nc3n2C2CCCC2)n1. The molecule has 4 aromatic heterocycles. The number of hydrogen-bond acceptors (Lipinski definition) is 9. The van der Waals surface area contributed by atoms with Gasteiger partial charge in [0, 0.05) is 43.8 Å². The second-order valence-corrected chi connectivity index (χ2v) is 9.12. The Balaban J connectivity index is 1.35. The van der Waals surface area contributed by atoms with E-state index >= 15 is 0 Å². The molecule has 0 atom stereocenters. The second-order valence-electron chi connectivity index (χ2n) is 9.12. The summed E-state index contributed by atoms with van der Waals surface area (Å²) in [5, 5.41) is 11.7. The van der Waals surface area contributed by atoms with Crippen molar-refractivity contribution in [3.8, 4) is 11.6 Å². The molecule has 34 heavy (non-hydrogen) atoms. The first-order valence-electron chi connectivity index (χ1n) is 12.0. The van der Waals surface area contributed by atoms with E-state index in [0.717, 1.165) is 72.8 Å². The number of rotatable bonds is 5. The number of pyridine rings is 1. The molecule has 6 rings (SSSR count). The first-order valence-corrected chi connectivity index (χ1v) is 12.0. The summed E-state index contributed by atoms with van der Waals surface area (Å²) in [5.74, 6) is 2.42. The van der Waals surface area contributed by atoms with Gasteiger partial charge in [-0.1, -0.05) is 18.0 Å². The summed E-state index contributed by atoms with van der Waals surface area (Å²) in [6.07, 6.45) is 8.45. The molecule has 2 aliphatic rings. The highest BCUT2D eigenvalue weighted by molar-refractivity contribution is 5.88. The fourth-order valence-electron chi connectivity index (χ4n) is 5.15. The van der Waals surface area contributed by atoms with Gasteiger partial charge >= 0.3 is 0 Å². The van der Waals surface area contributed by atoms with Crippen LogP contribution in [0.3, 0.4) is 0 Å². The van der Waals surface area contributed by atoms with Crippen molar-refractivity contribution in [2.24, 2.45) is 0 Å². The minimum atomic E-state index is 0.359. The lowest BCUT2D eigenvalue weighted by atomic mass is 10.2. The molecule has 1 saturated carbocycles. The maximum Gasteiger partial charge on any atom is 0.274 e. The summed E-state index contributed by atoms with van der Waals surface area (Å²) in [6, 6.07) is 4.44. The highest BCUT2D eigenvalue weighted by Crippen LogP contribution is 2.40. The van der Waals surface area contributed by atoms with E-state index in [-0.39, 0.29) is 0 Å². The van der Waals surface area contributed by atoms with Gasteiger partial charge < -0.3 is 24.6 Å². The molecule has 2 fully saturated rings. The summed E-state index contributed by atoms with van der Waals surface area (Å²) in [7, 11) is 0. The van der Waals surface area contributed by atoms with Gasteiger partial charge in [0.15, 0.2) is 5.82 Å². The van der Waals surface area contributed by atoms with Crippen LogP contribution >= 0.6 is 0 Å². The quantitative estimate of drug-likeness (QED) is 0.461. The average Bonchev–Trinajstić information content (AvgIpc) is 3.60. The van der Waals surface area contributed by atoms with Crippen LogP contribution in [0.5, 0.6) is 0 Å². The van der Waals surface area contributed by atoms with Crippen molar-refractivity contribution in [2.75, 3.05) is 36.4 Å². The highest BCUT2D eigenvalue weighted by atomic mass is 16.5. The van der Waals surface area contributed by atoms with Crippen molar-refractivity contribution in [3.63, 3.8) is 0 Å². The van der Waals surface area contributed by atoms with Gasteiger partial charge in [0.1, 0.15) is 17.2 Å². The number of nitrogens with one attached hydrogen (secondary N) is 2. The van der Waals surface area contributed by atoms with Gasteiger partial charge in [-0.3, -0.25) is 0 Å². The van der Waals surface area contributed by atoms with Crippen molar-refractivity contribution in [1.82, 2.24) is 35.0 Å². The van der Waals surface area contributed by atoms with Crippen molar-refractivity contribution < 1.29 is 4.52 Å². The Morgan fingerprint density at radius 3 is 2.56 bits per heavy atom. The molecule has 1 aliphatic heterocycles. The molecule has 1 aliphatic carbocycles. The third kappa shape index (κ3) is 3.77. The molecule has 0 unspecified atom stereocenters. The molecule has 176 valence electrons. The molecular weight excluding hydrogens is 430 g/mol. The number of hydrogen-bond donors (Lipinski definition) is 2. The zero-order valence-corrected chi connectivity index (χ0v) is 19.6.